The minimum absolute atomic E-state index is 0.0176. The highest BCUT2D eigenvalue weighted by Gasteiger charge is 2.64. The lowest BCUT2D eigenvalue weighted by atomic mass is 9.49. The smallest absolute Gasteiger partial charge is 0.416 e. The molecule has 4 aromatic rings. The Morgan fingerprint density at radius 3 is 2.30 bits per heavy atom. The van der Waals surface area contributed by atoms with E-state index >= 15 is 0 Å². The van der Waals surface area contributed by atoms with Crippen LogP contribution in [0, 0.1) is 28.1 Å². The van der Waals surface area contributed by atoms with Crippen molar-refractivity contribution < 1.29 is 27.5 Å². The standard InChI is InChI=1S/C49H58ClF3N10O3/c1-30(64)61-22-16-40-38(29-61)42(62-17-6-7-32-8-10-35(23-41(32)62)49(51,52)53)58-63(40)36-14-18-59(19-15-36)28-31-12-20-60(21-13-31)46-55-26-34(27-56-46)43(65)57-44-47(2,3)45(48(44,4)5)66-37-11-9-33(25-54)39(50)24-37/h8-11,23-24,26-27,31,36,44-45H,6-7,12-22,28-29H2,1-5H3,(H,57,65). The first-order chi connectivity index (χ1) is 31.4. The van der Waals surface area contributed by atoms with Crippen molar-refractivity contribution in [2.75, 3.05) is 55.6 Å². The number of carbonyl (C=O) groups excluding carboxylic acids is 2. The number of aryl methyl sites for hydroxylation is 1. The van der Waals surface area contributed by atoms with Gasteiger partial charge in [-0.05, 0) is 74.3 Å². The van der Waals surface area contributed by atoms with E-state index in [1.807, 2.05) is 9.80 Å². The highest BCUT2D eigenvalue weighted by molar-refractivity contribution is 6.31. The molecule has 0 spiro atoms. The van der Waals surface area contributed by atoms with Crippen LogP contribution in [0.15, 0.2) is 48.8 Å². The Kier molecular flexibility index (Phi) is 12.3. The molecule has 13 nitrogen and oxygen atoms in total. The number of amides is 2. The number of fused-ring (bicyclic) bond motifs is 2. The third-order valence-electron chi connectivity index (χ3n) is 14.9. The fraction of sp³-hybridized carbons (Fsp3) is 0.551. The van der Waals surface area contributed by atoms with Gasteiger partial charge in [-0.2, -0.15) is 23.5 Å². The summed E-state index contributed by atoms with van der Waals surface area (Å²) in [4.78, 5) is 43.8. The van der Waals surface area contributed by atoms with Crippen LogP contribution in [0.5, 0.6) is 5.75 Å². The van der Waals surface area contributed by atoms with E-state index in [0.29, 0.717) is 77.7 Å². The molecule has 2 aromatic heterocycles. The van der Waals surface area contributed by atoms with Crippen LogP contribution in [0.3, 0.4) is 0 Å². The Bertz CT molecular complexity index is 2510. The van der Waals surface area contributed by atoms with Crippen molar-refractivity contribution in [2.45, 2.75) is 110 Å². The zero-order valence-corrected chi connectivity index (χ0v) is 39.1. The Morgan fingerprint density at radius 2 is 1.65 bits per heavy atom. The van der Waals surface area contributed by atoms with E-state index in [-0.39, 0.29) is 30.0 Å². The number of nitrogens with zero attached hydrogens (tertiary/aromatic N) is 9. The summed E-state index contributed by atoms with van der Waals surface area (Å²) < 4.78 is 50.2. The third-order valence-corrected chi connectivity index (χ3v) is 15.3. The highest BCUT2D eigenvalue weighted by Crippen LogP contribution is 2.56. The van der Waals surface area contributed by atoms with Gasteiger partial charge in [-0.25, -0.2) is 9.97 Å². The Balaban J connectivity index is 0.781. The first kappa shape index (κ1) is 45.7. The molecule has 0 radical (unpaired) electrons. The maximum atomic E-state index is 13.9. The van der Waals surface area contributed by atoms with Gasteiger partial charge in [0.2, 0.25) is 11.9 Å². The molecule has 5 aliphatic rings. The molecule has 3 fully saturated rings. The number of piperidine rings is 2. The number of likely N-dealkylation sites (tertiary alicyclic amines) is 1. The molecule has 1 N–H and O–H groups in total. The second-order valence-electron chi connectivity index (χ2n) is 20.0. The van der Waals surface area contributed by atoms with E-state index in [0.717, 1.165) is 81.6 Å². The molecule has 1 aliphatic carbocycles. The molecule has 4 aliphatic heterocycles. The summed E-state index contributed by atoms with van der Waals surface area (Å²) >= 11 is 6.26. The SMILES string of the molecule is CC(=O)N1CCc2c(c(N3CCCc4ccc(C(F)(F)F)cc43)nn2C2CCN(CC3CCN(c4ncc(C(=O)NC5C(C)(C)C(Oc6ccc(C#N)c(Cl)c6)C5(C)C)cn4)CC3)CC2)C1. The molecule has 9 rings (SSSR count). The van der Waals surface area contributed by atoms with Crippen molar-refractivity contribution in [3.63, 3.8) is 0 Å². The van der Waals surface area contributed by atoms with Gasteiger partial charge >= 0.3 is 6.18 Å². The normalized spacial score (nSPS) is 22.2. The van der Waals surface area contributed by atoms with Gasteiger partial charge in [0.1, 0.15) is 17.9 Å². The maximum Gasteiger partial charge on any atom is 0.416 e. The van der Waals surface area contributed by atoms with Gasteiger partial charge in [-0.3, -0.25) is 14.3 Å². The zero-order chi connectivity index (χ0) is 46.7. The Hall–Kier alpha value is -5.40. The molecule has 6 heterocycles. The Labute approximate surface area is 389 Å². The highest BCUT2D eigenvalue weighted by atomic mass is 35.5. The number of alkyl halides is 3. The number of aromatic nitrogens is 4. The van der Waals surface area contributed by atoms with Gasteiger partial charge in [0.25, 0.3) is 5.91 Å². The predicted molar refractivity (Wildman–Crippen MR) is 245 cm³/mol. The first-order valence-corrected chi connectivity index (χ1v) is 23.6. The maximum absolute atomic E-state index is 13.9. The fourth-order valence-corrected chi connectivity index (χ4v) is 11.8. The summed E-state index contributed by atoms with van der Waals surface area (Å²) in [5.74, 6) is 2.15. The van der Waals surface area contributed by atoms with Crippen LogP contribution in [-0.4, -0.2) is 99.3 Å². The predicted octanol–water partition coefficient (Wildman–Crippen LogP) is 8.37. The van der Waals surface area contributed by atoms with E-state index in [1.165, 1.54) is 12.1 Å². The van der Waals surface area contributed by atoms with Gasteiger partial charge in [-0.15, -0.1) is 0 Å². The summed E-state index contributed by atoms with van der Waals surface area (Å²) in [6.45, 7) is 15.9. The van der Waals surface area contributed by atoms with Gasteiger partial charge in [0.05, 0.1) is 34.3 Å². The molecule has 2 saturated heterocycles. The number of anilines is 3. The van der Waals surface area contributed by atoms with Crippen molar-refractivity contribution >= 4 is 40.9 Å². The van der Waals surface area contributed by atoms with E-state index < -0.39 is 22.6 Å². The van der Waals surface area contributed by atoms with Crippen molar-refractivity contribution in [1.29, 1.82) is 5.26 Å². The van der Waals surface area contributed by atoms with Crippen LogP contribution in [0.25, 0.3) is 0 Å². The quantitative estimate of drug-likeness (QED) is 0.175. The van der Waals surface area contributed by atoms with Gasteiger partial charge < -0.3 is 29.7 Å². The van der Waals surface area contributed by atoms with Crippen molar-refractivity contribution in [3.05, 3.63) is 87.3 Å². The number of hydrogen-bond acceptors (Lipinski definition) is 10. The third kappa shape index (κ3) is 8.69. The van der Waals surface area contributed by atoms with E-state index in [1.54, 1.807) is 43.6 Å². The van der Waals surface area contributed by atoms with Crippen molar-refractivity contribution in [3.8, 4) is 11.8 Å². The lowest BCUT2D eigenvalue weighted by Gasteiger charge is -2.63. The fourth-order valence-electron chi connectivity index (χ4n) is 11.6. The molecule has 350 valence electrons. The minimum atomic E-state index is -4.45. The monoisotopic (exact) mass is 926 g/mol. The average Bonchev–Trinajstić information content (AvgIpc) is 3.68. The number of carbonyl (C=O) groups is 2. The summed E-state index contributed by atoms with van der Waals surface area (Å²) in [6.07, 6.45) is 4.58. The van der Waals surface area contributed by atoms with Gasteiger partial charge in [-0.1, -0.05) is 45.4 Å². The van der Waals surface area contributed by atoms with Crippen molar-refractivity contribution in [1.82, 2.24) is 34.9 Å². The Morgan fingerprint density at radius 1 is 0.939 bits per heavy atom. The molecular weight excluding hydrogens is 869 g/mol. The second kappa shape index (κ2) is 17.7. The number of nitrogens with one attached hydrogen (secondary N) is 1. The number of benzene rings is 2. The molecule has 66 heavy (non-hydrogen) atoms. The number of rotatable bonds is 9. The van der Waals surface area contributed by atoms with E-state index in [4.69, 9.17) is 21.4 Å². The molecule has 17 heteroatoms. The molecule has 0 atom stereocenters. The summed E-state index contributed by atoms with van der Waals surface area (Å²) in [5.41, 5.74) is 2.81. The van der Waals surface area contributed by atoms with Crippen molar-refractivity contribution in [2.24, 2.45) is 16.7 Å². The summed E-state index contributed by atoms with van der Waals surface area (Å²) in [7, 11) is 0. The topological polar surface area (TPSA) is 136 Å². The van der Waals surface area contributed by atoms with Crippen LogP contribution >= 0.6 is 11.6 Å². The number of ether oxygens (including phenoxy) is 1. The van der Waals surface area contributed by atoms with E-state index in [2.05, 4.69) is 63.5 Å². The molecule has 2 amide bonds. The second-order valence-corrected chi connectivity index (χ2v) is 20.4. The van der Waals surface area contributed by atoms with Crippen LogP contribution < -0.4 is 19.9 Å². The molecule has 0 bridgehead atoms. The number of hydrogen-bond donors (Lipinski definition) is 1. The first-order valence-electron chi connectivity index (χ1n) is 23.2. The van der Waals surface area contributed by atoms with Gasteiger partial charge in [0, 0.05) is 111 Å². The zero-order valence-electron chi connectivity index (χ0n) is 38.3. The summed E-state index contributed by atoms with van der Waals surface area (Å²) in [6, 6.07) is 11.1. The molecular formula is C49H58ClF3N10O3. The van der Waals surface area contributed by atoms with E-state index in [9.17, 15) is 28.0 Å². The summed E-state index contributed by atoms with van der Waals surface area (Å²) in [5, 5.41) is 18.0. The van der Waals surface area contributed by atoms with Crippen LogP contribution in [0.2, 0.25) is 5.02 Å². The minimum Gasteiger partial charge on any atom is -0.489 e. The van der Waals surface area contributed by atoms with Crippen LogP contribution in [0.1, 0.15) is 111 Å². The largest absolute Gasteiger partial charge is 0.489 e. The lowest BCUT2D eigenvalue weighted by molar-refractivity contribution is -0.164. The van der Waals surface area contributed by atoms with Crippen LogP contribution in [0.4, 0.5) is 30.6 Å². The lowest BCUT2D eigenvalue weighted by Crippen LogP contribution is -2.74. The molecule has 2 aromatic carbocycles. The molecule has 0 unspecified atom stereocenters. The van der Waals surface area contributed by atoms with Crippen LogP contribution in [-0.2, 0) is 30.4 Å². The van der Waals surface area contributed by atoms with Gasteiger partial charge in [0.15, 0.2) is 5.82 Å². The molecule has 1 saturated carbocycles. The average molecular weight is 928 g/mol. The number of halogens is 4. The number of nitriles is 1.